The summed E-state index contributed by atoms with van der Waals surface area (Å²) in [4.78, 5) is 21.1. The summed E-state index contributed by atoms with van der Waals surface area (Å²) in [6.07, 6.45) is 0.130. The standard InChI is InChI=1S/C8H12N2O3/c1-5(4-9)3-7(8(12)13)10-6(2)11/h5,7H,3H2,1-2H3,(H,10,11)(H,12,13)/t5-,7+/m0/s1. The molecule has 0 radical (unpaired) electrons. The summed E-state index contributed by atoms with van der Waals surface area (Å²) in [7, 11) is 0. The SMILES string of the molecule is CC(=O)N[C@H](C[C@H](C)C#N)C(=O)O. The third-order valence-electron chi connectivity index (χ3n) is 1.49. The van der Waals surface area contributed by atoms with Crippen molar-refractivity contribution in [3.63, 3.8) is 0 Å². The van der Waals surface area contributed by atoms with E-state index in [0.717, 1.165) is 0 Å². The zero-order valence-corrected chi connectivity index (χ0v) is 7.57. The van der Waals surface area contributed by atoms with E-state index >= 15 is 0 Å². The van der Waals surface area contributed by atoms with Crippen LogP contribution < -0.4 is 5.32 Å². The van der Waals surface area contributed by atoms with Crippen molar-refractivity contribution in [2.75, 3.05) is 0 Å². The van der Waals surface area contributed by atoms with Gasteiger partial charge in [0.1, 0.15) is 6.04 Å². The number of hydrogen-bond donors (Lipinski definition) is 2. The van der Waals surface area contributed by atoms with Gasteiger partial charge in [0.2, 0.25) is 5.91 Å². The zero-order valence-electron chi connectivity index (χ0n) is 7.57. The molecular formula is C8H12N2O3. The van der Waals surface area contributed by atoms with E-state index in [9.17, 15) is 9.59 Å². The Morgan fingerprint density at radius 2 is 2.15 bits per heavy atom. The second-order valence-electron chi connectivity index (χ2n) is 2.86. The lowest BCUT2D eigenvalue weighted by Gasteiger charge is -2.13. The van der Waals surface area contributed by atoms with Gasteiger partial charge in [0.05, 0.1) is 6.07 Å². The molecule has 13 heavy (non-hydrogen) atoms. The first-order valence-electron chi connectivity index (χ1n) is 3.87. The van der Waals surface area contributed by atoms with E-state index in [1.165, 1.54) is 6.92 Å². The number of amides is 1. The average Bonchev–Trinajstić information content (AvgIpc) is 2.02. The van der Waals surface area contributed by atoms with Gasteiger partial charge in [-0.3, -0.25) is 4.79 Å². The van der Waals surface area contributed by atoms with E-state index < -0.39 is 17.9 Å². The van der Waals surface area contributed by atoms with Crippen molar-refractivity contribution in [1.29, 1.82) is 5.26 Å². The molecule has 0 aliphatic carbocycles. The minimum atomic E-state index is -1.11. The van der Waals surface area contributed by atoms with Gasteiger partial charge in [0.25, 0.3) is 0 Å². The summed E-state index contributed by atoms with van der Waals surface area (Å²) in [6.45, 7) is 2.85. The van der Waals surface area contributed by atoms with Crippen molar-refractivity contribution in [2.45, 2.75) is 26.3 Å². The first kappa shape index (κ1) is 11.4. The van der Waals surface area contributed by atoms with Crippen LogP contribution in [-0.2, 0) is 9.59 Å². The van der Waals surface area contributed by atoms with Crippen molar-refractivity contribution in [3.8, 4) is 6.07 Å². The number of carbonyl (C=O) groups excluding carboxylic acids is 1. The Bertz CT molecular complexity index is 244. The van der Waals surface area contributed by atoms with Crippen molar-refractivity contribution in [2.24, 2.45) is 5.92 Å². The molecule has 0 spiro atoms. The van der Waals surface area contributed by atoms with E-state index in [2.05, 4.69) is 5.32 Å². The first-order chi connectivity index (χ1) is 5.97. The van der Waals surface area contributed by atoms with E-state index in [1.54, 1.807) is 6.92 Å². The Kier molecular flexibility index (Phi) is 4.52. The van der Waals surface area contributed by atoms with E-state index in [0.29, 0.717) is 0 Å². The van der Waals surface area contributed by atoms with Gasteiger partial charge >= 0.3 is 5.97 Å². The third-order valence-corrected chi connectivity index (χ3v) is 1.49. The van der Waals surface area contributed by atoms with Gasteiger partial charge in [-0.05, 0) is 13.3 Å². The lowest BCUT2D eigenvalue weighted by atomic mass is 10.0. The molecule has 0 saturated carbocycles. The molecular weight excluding hydrogens is 172 g/mol. The van der Waals surface area contributed by atoms with Crippen LogP contribution in [0.1, 0.15) is 20.3 Å². The normalized spacial score (nSPS) is 13.9. The molecule has 2 atom stereocenters. The molecule has 72 valence electrons. The highest BCUT2D eigenvalue weighted by Gasteiger charge is 2.20. The summed E-state index contributed by atoms with van der Waals surface area (Å²) < 4.78 is 0. The van der Waals surface area contributed by atoms with Crippen LogP contribution >= 0.6 is 0 Å². The Morgan fingerprint density at radius 3 is 2.46 bits per heavy atom. The van der Waals surface area contributed by atoms with E-state index in [4.69, 9.17) is 10.4 Å². The number of carbonyl (C=O) groups is 2. The van der Waals surface area contributed by atoms with Crippen LogP contribution in [0.25, 0.3) is 0 Å². The second kappa shape index (κ2) is 5.14. The molecule has 0 aliphatic rings. The molecule has 5 nitrogen and oxygen atoms in total. The van der Waals surface area contributed by atoms with Crippen LogP contribution in [0.5, 0.6) is 0 Å². The summed E-state index contributed by atoms with van der Waals surface area (Å²) in [6, 6.07) is 0.943. The van der Waals surface area contributed by atoms with E-state index in [1.807, 2.05) is 6.07 Å². The quantitative estimate of drug-likeness (QED) is 0.649. The van der Waals surface area contributed by atoms with Gasteiger partial charge in [0, 0.05) is 12.8 Å². The van der Waals surface area contributed by atoms with Crippen LogP contribution in [-0.4, -0.2) is 23.0 Å². The van der Waals surface area contributed by atoms with Crippen LogP contribution in [0.2, 0.25) is 0 Å². The monoisotopic (exact) mass is 184 g/mol. The number of aliphatic carboxylic acids is 1. The Hall–Kier alpha value is -1.57. The van der Waals surface area contributed by atoms with Crippen molar-refractivity contribution in [1.82, 2.24) is 5.32 Å². The van der Waals surface area contributed by atoms with Gasteiger partial charge in [0.15, 0.2) is 0 Å². The maximum absolute atomic E-state index is 10.6. The summed E-state index contributed by atoms with van der Waals surface area (Å²) >= 11 is 0. The molecule has 5 heteroatoms. The maximum Gasteiger partial charge on any atom is 0.326 e. The van der Waals surface area contributed by atoms with Crippen LogP contribution in [0.15, 0.2) is 0 Å². The molecule has 0 heterocycles. The van der Waals surface area contributed by atoms with Gasteiger partial charge in [-0.15, -0.1) is 0 Å². The third kappa shape index (κ3) is 4.80. The molecule has 0 rings (SSSR count). The van der Waals surface area contributed by atoms with Gasteiger partial charge < -0.3 is 10.4 Å². The summed E-state index contributed by atoms with van der Waals surface area (Å²) in [5, 5.41) is 19.3. The van der Waals surface area contributed by atoms with Gasteiger partial charge in [-0.2, -0.15) is 5.26 Å². The topological polar surface area (TPSA) is 90.2 Å². The molecule has 1 amide bonds. The molecule has 0 aromatic rings. The highest BCUT2D eigenvalue weighted by atomic mass is 16.4. The molecule has 0 bridgehead atoms. The molecule has 2 N–H and O–H groups in total. The first-order valence-corrected chi connectivity index (χ1v) is 3.87. The molecule has 0 aliphatic heterocycles. The van der Waals surface area contributed by atoms with Crippen molar-refractivity contribution in [3.05, 3.63) is 0 Å². The molecule has 0 aromatic heterocycles. The van der Waals surface area contributed by atoms with Crippen LogP contribution in [0, 0.1) is 17.2 Å². The number of carboxylic acid groups (broad SMARTS) is 1. The lowest BCUT2D eigenvalue weighted by Crippen LogP contribution is -2.40. The second-order valence-corrected chi connectivity index (χ2v) is 2.86. The summed E-state index contributed by atoms with van der Waals surface area (Å²) in [5.74, 6) is -1.90. The minimum absolute atomic E-state index is 0.130. The molecule has 0 saturated heterocycles. The smallest absolute Gasteiger partial charge is 0.326 e. The fourth-order valence-electron chi connectivity index (χ4n) is 0.873. The molecule has 0 unspecified atom stereocenters. The Balaban J connectivity index is 4.20. The fourth-order valence-corrected chi connectivity index (χ4v) is 0.873. The Morgan fingerprint density at radius 1 is 1.62 bits per heavy atom. The maximum atomic E-state index is 10.6. The highest BCUT2D eigenvalue weighted by molar-refractivity contribution is 5.82. The lowest BCUT2D eigenvalue weighted by molar-refractivity contribution is -0.141. The minimum Gasteiger partial charge on any atom is -0.480 e. The molecule has 0 fully saturated rings. The number of rotatable bonds is 4. The number of nitrogens with one attached hydrogen (secondary N) is 1. The fraction of sp³-hybridized carbons (Fsp3) is 0.625. The average molecular weight is 184 g/mol. The number of hydrogen-bond acceptors (Lipinski definition) is 3. The zero-order chi connectivity index (χ0) is 10.4. The van der Waals surface area contributed by atoms with Crippen molar-refractivity contribution < 1.29 is 14.7 Å². The summed E-state index contributed by atoms with van der Waals surface area (Å²) in [5.41, 5.74) is 0. The number of carboxylic acids is 1. The van der Waals surface area contributed by atoms with E-state index in [-0.39, 0.29) is 12.3 Å². The largest absolute Gasteiger partial charge is 0.480 e. The van der Waals surface area contributed by atoms with Crippen LogP contribution in [0.3, 0.4) is 0 Å². The van der Waals surface area contributed by atoms with Gasteiger partial charge in [-0.1, -0.05) is 0 Å². The number of nitrogens with zero attached hydrogens (tertiary/aromatic N) is 1. The van der Waals surface area contributed by atoms with Crippen LogP contribution in [0.4, 0.5) is 0 Å². The highest BCUT2D eigenvalue weighted by Crippen LogP contribution is 2.04. The van der Waals surface area contributed by atoms with Crippen molar-refractivity contribution >= 4 is 11.9 Å². The predicted molar refractivity (Wildman–Crippen MR) is 44.6 cm³/mol. The Labute approximate surface area is 76.4 Å². The predicted octanol–water partition coefficient (Wildman–Crippen LogP) is 0.125. The van der Waals surface area contributed by atoms with Gasteiger partial charge in [-0.25, -0.2) is 4.79 Å². The molecule has 0 aromatic carbocycles. The number of nitriles is 1.